The lowest BCUT2D eigenvalue weighted by molar-refractivity contribution is -0.133. The van der Waals surface area contributed by atoms with E-state index in [0.717, 1.165) is 6.07 Å². The van der Waals surface area contributed by atoms with Crippen LogP contribution in [0.5, 0.6) is 0 Å². The molecule has 1 amide bonds. The molecule has 0 aliphatic rings. The van der Waals surface area contributed by atoms with Crippen molar-refractivity contribution in [3.05, 3.63) is 35.4 Å². The molecular weight excluding hydrogens is 226 g/mol. The van der Waals surface area contributed by atoms with Gasteiger partial charge in [-0.3, -0.25) is 4.79 Å². The van der Waals surface area contributed by atoms with Gasteiger partial charge < -0.3 is 10.6 Å². The number of halogens is 2. The third kappa shape index (κ3) is 3.49. The molecule has 94 valence electrons. The predicted molar refractivity (Wildman–Crippen MR) is 61.1 cm³/mol. The van der Waals surface area contributed by atoms with E-state index in [1.165, 1.54) is 17.0 Å². The molecule has 0 saturated carbocycles. The maximum Gasteiger partial charge on any atom is 0.226 e. The van der Waals surface area contributed by atoms with Crippen molar-refractivity contribution < 1.29 is 13.6 Å². The van der Waals surface area contributed by atoms with Gasteiger partial charge in [0.05, 0.1) is 0 Å². The van der Waals surface area contributed by atoms with E-state index in [1.54, 1.807) is 14.0 Å². The normalized spacial score (nSPS) is 12.3. The summed E-state index contributed by atoms with van der Waals surface area (Å²) in [4.78, 5) is 13.1. The lowest BCUT2D eigenvalue weighted by Gasteiger charge is -2.20. The largest absolute Gasteiger partial charge is 0.341 e. The molecule has 0 bridgehead atoms. The van der Waals surface area contributed by atoms with Crippen molar-refractivity contribution in [2.24, 2.45) is 11.7 Å². The van der Waals surface area contributed by atoms with E-state index < -0.39 is 11.6 Å². The Labute approximate surface area is 99.2 Å². The lowest BCUT2D eigenvalue weighted by Crippen LogP contribution is -2.34. The van der Waals surface area contributed by atoms with E-state index in [-0.39, 0.29) is 30.5 Å². The highest BCUT2D eigenvalue weighted by molar-refractivity contribution is 5.78. The summed E-state index contributed by atoms with van der Waals surface area (Å²) in [5, 5.41) is 0. The number of amides is 1. The van der Waals surface area contributed by atoms with Crippen LogP contribution in [-0.2, 0) is 11.3 Å². The van der Waals surface area contributed by atoms with Crippen LogP contribution in [0.15, 0.2) is 18.2 Å². The summed E-state index contributed by atoms with van der Waals surface area (Å²) in [6.07, 6.45) is 0. The molecule has 0 aliphatic heterocycles. The number of hydrogen-bond acceptors (Lipinski definition) is 2. The number of carbonyl (C=O) groups is 1. The predicted octanol–water partition coefficient (Wildman–Crippen LogP) is 1.52. The smallest absolute Gasteiger partial charge is 0.226 e. The van der Waals surface area contributed by atoms with Crippen LogP contribution in [0, 0.1) is 17.6 Å². The van der Waals surface area contributed by atoms with E-state index >= 15 is 0 Å². The van der Waals surface area contributed by atoms with Crippen molar-refractivity contribution >= 4 is 5.91 Å². The van der Waals surface area contributed by atoms with Crippen molar-refractivity contribution in [3.8, 4) is 0 Å². The molecule has 3 nitrogen and oxygen atoms in total. The molecule has 1 aromatic carbocycles. The third-order valence-corrected chi connectivity index (χ3v) is 2.57. The van der Waals surface area contributed by atoms with Gasteiger partial charge in [-0.15, -0.1) is 0 Å². The Hall–Kier alpha value is -1.49. The standard InChI is InChI=1S/C12H16F2N2O/c1-8(6-15)12(17)16(2)7-9-3-4-10(13)5-11(9)14/h3-5,8H,6-7,15H2,1-2H3. The highest BCUT2D eigenvalue weighted by Gasteiger charge is 2.17. The fourth-order valence-corrected chi connectivity index (χ4v) is 1.46. The van der Waals surface area contributed by atoms with E-state index in [1.807, 2.05) is 0 Å². The fraction of sp³-hybridized carbons (Fsp3) is 0.417. The van der Waals surface area contributed by atoms with Crippen LogP contribution in [0.1, 0.15) is 12.5 Å². The highest BCUT2D eigenvalue weighted by Crippen LogP contribution is 2.12. The minimum atomic E-state index is -0.648. The lowest BCUT2D eigenvalue weighted by atomic mass is 10.1. The van der Waals surface area contributed by atoms with Crippen molar-refractivity contribution in [2.45, 2.75) is 13.5 Å². The molecule has 0 spiro atoms. The topological polar surface area (TPSA) is 46.3 Å². The SMILES string of the molecule is CC(CN)C(=O)N(C)Cc1ccc(F)cc1F. The van der Waals surface area contributed by atoms with Crippen LogP contribution in [0.4, 0.5) is 8.78 Å². The zero-order chi connectivity index (χ0) is 13.0. The molecule has 1 rings (SSSR count). The number of benzene rings is 1. The minimum Gasteiger partial charge on any atom is -0.341 e. The number of carbonyl (C=O) groups excluding carboxylic acids is 1. The monoisotopic (exact) mass is 242 g/mol. The van der Waals surface area contributed by atoms with Gasteiger partial charge in [0.2, 0.25) is 5.91 Å². The highest BCUT2D eigenvalue weighted by atomic mass is 19.1. The zero-order valence-electron chi connectivity index (χ0n) is 9.91. The molecule has 17 heavy (non-hydrogen) atoms. The van der Waals surface area contributed by atoms with Crippen LogP contribution in [-0.4, -0.2) is 24.4 Å². The first kappa shape index (κ1) is 13.6. The van der Waals surface area contributed by atoms with Gasteiger partial charge in [0.25, 0.3) is 0 Å². The molecule has 0 saturated heterocycles. The first-order valence-electron chi connectivity index (χ1n) is 5.34. The van der Waals surface area contributed by atoms with E-state index in [9.17, 15) is 13.6 Å². The second-order valence-corrected chi connectivity index (χ2v) is 4.07. The molecule has 1 aromatic rings. The van der Waals surface area contributed by atoms with Crippen LogP contribution in [0.3, 0.4) is 0 Å². The first-order valence-corrected chi connectivity index (χ1v) is 5.34. The van der Waals surface area contributed by atoms with Gasteiger partial charge in [0, 0.05) is 37.7 Å². The maximum absolute atomic E-state index is 13.4. The second kappa shape index (κ2) is 5.72. The van der Waals surface area contributed by atoms with Crippen LogP contribution < -0.4 is 5.73 Å². The van der Waals surface area contributed by atoms with Crippen LogP contribution in [0.2, 0.25) is 0 Å². The summed E-state index contributed by atoms with van der Waals surface area (Å²) >= 11 is 0. The van der Waals surface area contributed by atoms with Gasteiger partial charge in [-0.25, -0.2) is 8.78 Å². The van der Waals surface area contributed by atoms with Gasteiger partial charge in [0.15, 0.2) is 0 Å². The van der Waals surface area contributed by atoms with E-state index in [2.05, 4.69) is 0 Å². The molecular formula is C12H16F2N2O. The van der Waals surface area contributed by atoms with Crippen molar-refractivity contribution in [3.63, 3.8) is 0 Å². The Balaban J connectivity index is 2.74. The zero-order valence-corrected chi connectivity index (χ0v) is 9.91. The van der Waals surface area contributed by atoms with Gasteiger partial charge in [0.1, 0.15) is 11.6 Å². The Morgan fingerprint density at radius 2 is 2.12 bits per heavy atom. The third-order valence-electron chi connectivity index (χ3n) is 2.57. The van der Waals surface area contributed by atoms with Gasteiger partial charge in [-0.05, 0) is 6.07 Å². The molecule has 1 unspecified atom stereocenters. The summed E-state index contributed by atoms with van der Waals surface area (Å²) in [5.74, 6) is -1.74. The Morgan fingerprint density at radius 1 is 1.47 bits per heavy atom. The second-order valence-electron chi connectivity index (χ2n) is 4.07. The fourth-order valence-electron chi connectivity index (χ4n) is 1.46. The Morgan fingerprint density at radius 3 is 2.65 bits per heavy atom. The molecule has 5 heteroatoms. The summed E-state index contributed by atoms with van der Waals surface area (Å²) in [6.45, 7) is 2.06. The summed E-state index contributed by atoms with van der Waals surface area (Å²) < 4.78 is 26.0. The van der Waals surface area contributed by atoms with Gasteiger partial charge >= 0.3 is 0 Å². The van der Waals surface area contributed by atoms with E-state index in [4.69, 9.17) is 5.73 Å². The molecule has 0 fully saturated rings. The van der Waals surface area contributed by atoms with Crippen molar-refractivity contribution in [1.29, 1.82) is 0 Å². The van der Waals surface area contributed by atoms with Crippen molar-refractivity contribution in [2.75, 3.05) is 13.6 Å². The number of rotatable bonds is 4. The van der Waals surface area contributed by atoms with E-state index in [0.29, 0.717) is 0 Å². The number of hydrogen-bond donors (Lipinski definition) is 1. The minimum absolute atomic E-state index is 0.106. The molecule has 1 atom stereocenters. The summed E-state index contributed by atoms with van der Waals surface area (Å²) in [5.41, 5.74) is 5.67. The average molecular weight is 242 g/mol. The molecule has 0 heterocycles. The summed E-state index contributed by atoms with van der Waals surface area (Å²) in [7, 11) is 1.57. The van der Waals surface area contributed by atoms with Crippen LogP contribution in [0.25, 0.3) is 0 Å². The molecule has 2 N–H and O–H groups in total. The average Bonchev–Trinajstić information content (AvgIpc) is 2.30. The molecule has 0 aliphatic carbocycles. The Bertz CT molecular complexity index is 409. The quantitative estimate of drug-likeness (QED) is 0.870. The van der Waals surface area contributed by atoms with Crippen molar-refractivity contribution in [1.82, 2.24) is 4.90 Å². The number of nitrogens with two attached hydrogens (primary N) is 1. The molecule has 0 radical (unpaired) electrons. The molecule has 0 aromatic heterocycles. The summed E-state index contributed by atoms with van der Waals surface area (Å²) in [6, 6.07) is 3.31. The Kier molecular flexibility index (Phi) is 4.57. The van der Waals surface area contributed by atoms with Gasteiger partial charge in [-0.1, -0.05) is 13.0 Å². The first-order chi connectivity index (χ1) is 7.95. The number of nitrogens with zero attached hydrogens (tertiary/aromatic N) is 1. The maximum atomic E-state index is 13.4. The van der Waals surface area contributed by atoms with Gasteiger partial charge in [-0.2, -0.15) is 0 Å². The van der Waals surface area contributed by atoms with Crippen LogP contribution >= 0.6 is 0 Å².